The molecule has 0 aliphatic carbocycles. The molecule has 8 heteroatoms. The number of morpholine rings is 1. The van der Waals surface area contributed by atoms with Gasteiger partial charge in [-0.1, -0.05) is 13.8 Å². The molecule has 4 aromatic rings. The van der Waals surface area contributed by atoms with Crippen molar-refractivity contribution in [1.29, 1.82) is 0 Å². The van der Waals surface area contributed by atoms with Gasteiger partial charge in [-0.05, 0) is 31.2 Å². The first-order valence-electron chi connectivity index (χ1n) is 10.8. The Labute approximate surface area is 191 Å². The lowest BCUT2D eigenvalue weighted by Crippen LogP contribution is -2.36. The van der Waals surface area contributed by atoms with Crippen LogP contribution in [0.4, 0.5) is 5.69 Å². The van der Waals surface area contributed by atoms with Gasteiger partial charge >= 0.3 is 0 Å². The monoisotopic (exact) mass is 449 g/mol. The summed E-state index contributed by atoms with van der Waals surface area (Å²) >= 11 is 1.42. The quantitative estimate of drug-likeness (QED) is 0.498. The van der Waals surface area contributed by atoms with Crippen LogP contribution in [0.1, 0.15) is 31.3 Å². The summed E-state index contributed by atoms with van der Waals surface area (Å²) in [4.78, 5) is 20.0. The zero-order valence-electron chi connectivity index (χ0n) is 18.5. The van der Waals surface area contributed by atoms with Crippen molar-refractivity contribution in [1.82, 2.24) is 19.9 Å². The number of aliphatic hydroxyl groups is 1. The van der Waals surface area contributed by atoms with Crippen LogP contribution < -0.4 is 4.90 Å². The third-order valence-electron chi connectivity index (χ3n) is 5.42. The Balaban J connectivity index is 0.00000119. The molecule has 0 saturated carbocycles. The van der Waals surface area contributed by atoms with Crippen LogP contribution in [0.5, 0.6) is 0 Å². The normalized spacial score (nSPS) is 15.7. The van der Waals surface area contributed by atoms with Gasteiger partial charge in [-0.25, -0.2) is 15.0 Å². The van der Waals surface area contributed by atoms with Crippen molar-refractivity contribution in [3.05, 3.63) is 65.1 Å². The van der Waals surface area contributed by atoms with Gasteiger partial charge in [0.15, 0.2) is 0 Å². The molecular weight excluding hydrogens is 422 g/mol. The Bertz CT molecular complexity index is 1170. The molecule has 1 aliphatic heterocycles. The largest absolute Gasteiger partial charge is 0.378 e. The Morgan fingerprint density at radius 1 is 1.06 bits per heavy atom. The summed E-state index contributed by atoms with van der Waals surface area (Å²) in [7, 11) is 0. The first-order valence-corrected chi connectivity index (χ1v) is 11.7. The molecule has 1 fully saturated rings. The molecule has 1 atom stereocenters. The second-order valence-corrected chi connectivity index (χ2v) is 8.29. The van der Waals surface area contributed by atoms with Crippen LogP contribution in [0.3, 0.4) is 0 Å². The average molecular weight is 450 g/mol. The molecule has 3 aromatic heterocycles. The minimum Gasteiger partial charge on any atom is -0.378 e. The molecule has 0 bridgehead atoms. The van der Waals surface area contributed by atoms with Crippen LogP contribution in [0.25, 0.3) is 22.2 Å². The van der Waals surface area contributed by atoms with E-state index in [4.69, 9.17) is 4.74 Å². The van der Waals surface area contributed by atoms with Gasteiger partial charge in [-0.3, -0.25) is 4.98 Å². The van der Waals surface area contributed by atoms with Crippen LogP contribution >= 0.6 is 11.3 Å². The van der Waals surface area contributed by atoms with Gasteiger partial charge in [0.25, 0.3) is 0 Å². The highest BCUT2D eigenvalue weighted by Crippen LogP contribution is 2.34. The van der Waals surface area contributed by atoms with E-state index in [0.717, 1.165) is 54.2 Å². The molecule has 32 heavy (non-hydrogen) atoms. The molecule has 4 heterocycles. The lowest BCUT2D eigenvalue weighted by Gasteiger charge is -2.29. The van der Waals surface area contributed by atoms with Crippen LogP contribution in [-0.4, -0.2) is 51.3 Å². The van der Waals surface area contributed by atoms with Crippen molar-refractivity contribution in [2.45, 2.75) is 26.4 Å². The lowest BCUT2D eigenvalue weighted by molar-refractivity contribution is 0.102. The van der Waals surface area contributed by atoms with E-state index in [1.54, 1.807) is 31.8 Å². The summed E-state index contributed by atoms with van der Waals surface area (Å²) in [6.07, 6.45) is 6.70. The van der Waals surface area contributed by atoms with E-state index < -0.39 is 5.60 Å². The predicted octanol–water partition coefficient (Wildman–Crippen LogP) is 4.27. The molecule has 1 aliphatic rings. The number of ether oxygens (including phenoxy) is 1. The van der Waals surface area contributed by atoms with Gasteiger partial charge in [0, 0.05) is 59.3 Å². The number of thiazole rings is 1. The second-order valence-electron chi connectivity index (χ2n) is 7.39. The third-order valence-corrected chi connectivity index (χ3v) is 6.40. The van der Waals surface area contributed by atoms with Crippen molar-refractivity contribution in [3.63, 3.8) is 0 Å². The summed E-state index contributed by atoms with van der Waals surface area (Å²) < 4.78 is 5.45. The molecule has 1 unspecified atom stereocenters. The zero-order valence-corrected chi connectivity index (χ0v) is 19.3. The highest BCUT2D eigenvalue weighted by atomic mass is 32.1. The van der Waals surface area contributed by atoms with Crippen LogP contribution in [-0.2, 0) is 10.3 Å². The van der Waals surface area contributed by atoms with Gasteiger partial charge < -0.3 is 14.7 Å². The number of anilines is 1. The fraction of sp³-hybridized carbons (Fsp3) is 0.333. The maximum atomic E-state index is 11.1. The molecule has 7 nitrogen and oxygen atoms in total. The number of aromatic nitrogens is 4. The van der Waals surface area contributed by atoms with Crippen LogP contribution in [0, 0.1) is 0 Å². The van der Waals surface area contributed by atoms with Crippen LogP contribution in [0.2, 0.25) is 0 Å². The second kappa shape index (κ2) is 9.68. The van der Waals surface area contributed by atoms with Crippen LogP contribution in [0.15, 0.2) is 54.6 Å². The highest BCUT2D eigenvalue weighted by molar-refractivity contribution is 7.09. The summed E-state index contributed by atoms with van der Waals surface area (Å²) in [6.45, 7) is 8.97. The van der Waals surface area contributed by atoms with E-state index in [1.165, 1.54) is 11.3 Å². The number of benzene rings is 1. The van der Waals surface area contributed by atoms with Gasteiger partial charge in [-0.2, -0.15) is 0 Å². The smallest absolute Gasteiger partial charge is 0.140 e. The topological polar surface area (TPSA) is 84.3 Å². The number of hydrogen-bond acceptors (Lipinski definition) is 8. The van der Waals surface area contributed by atoms with E-state index in [9.17, 15) is 5.11 Å². The number of hydrogen-bond donors (Lipinski definition) is 1. The number of pyridine rings is 1. The SMILES string of the molecule is CC.CC(O)(c1cncc(-c2ncnc3cc(N4CCOCC4)ccc23)c1)c1nccs1. The summed E-state index contributed by atoms with van der Waals surface area (Å²) in [5.74, 6) is 0. The van der Waals surface area contributed by atoms with Crippen molar-refractivity contribution in [2.75, 3.05) is 31.2 Å². The van der Waals surface area contributed by atoms with E-state index >= 15 is 0 Å². The summed E-state index contributed by atoms with van der Waals surface area (Å²) in [5, 5.41) is 14.5. The number of rotatable bonds is 4. The van der Waals surface area contributed by atoms with Crippen molar-refractivity contribution < 1.29 is 9.84 Å². The Hall–Kier alpha value is -2.94. The maximum absolute atomic E-state index is 11.1. The van der Waals surface area contributed by atoms with Crippen molar-refractivity contribution >= 4 is 27.9 Å². The molecule has 1 N–H and O–H groups in total. The molecule has 0 spiro atoms. The van der Waals surface area contributed by atoms with Crippen molar-refractivity contribution in [3.8, 4) is 11.3 Å². The fourth-order valence-electron chi connectivity index (χ4n) is 3.72. The molecule has 0 radical (unpaired) electrons. The fourth-order valence-corrected chi connectivity index (χ4v) is 4.44. The van der Waals surface area contributed by atoms with E-state index in [1.807, 2.05) is 25.3 Å². The molecule has 5 rings (SSSR count). The molecule has 1 saturated heterocycles. The van der Waals surface area contributed by atoms with Gasteiger partial charge in [0.2, 0.25) is 0 Å². The summed E-state index contributed by atoms with van der Waals surface area (Å²) in [6, 6.07) is 8.17. The van der Waals surface area contributed by atoms with Gasteiger partial charge in [0.1, 0.15) is 16.9 Å². The minimum absolute atomic E-state index is 0.629. The summed E-state index contributed by atoms with van der Waals surface area (Å²) in [5.41, 5.74) is 3.08. The standard InChI is InChI=1S/C22H21N5O2S.C2H6/c1-22(28,21-24-4-9-30-21)16-10-15(12-23-13-16)20-18-3-2-17(11-19(18)25-14-26-20)27-5-7-29-8-6-27;1-2/h2-4,9-14,28H,5-8H2,1H3;1-2H3. The lowest BCUT2D eigenvalue weighted by atomic mass is 9.96. The Kier molecular flexibility index (Phi) is 6.74. The maximum Gasteiger partial charge on any atom is 0.140 e. The first kappa shape index (κ1) is 22.3. The Morgan fingerprint density at radius 3 is 2.62 bits per heavy atom. The molecule has 166 valence electrons. The predicted molar refractivity (Wildman–Crippen MR) is 128 cm³/mol. The van der Waals surface area contributed by atoms with E-state index in [-0.39, 0.29) is 0 Å². The molecule has 0 amide bonds. The molecular formula is C24H27N5O2S. The number of fused-ring (bicyclic) bond motifs is 1. The van der Waals surface area contributed by atoms with Crippen molar-refractivity contribution in [2.24, 2.45) is 0 Å². The first-order chi connectivity index (χ1) is 15.6. The van der Waals surface area contributed by atoms with Gasteiger partial charge in [-0.15, -0.1) is 11.3 Å². The molecule has 1 aromatic carbocycles. The Morgan fingerprint density at radius 2 is 1.88 bits per heavy atom. The number of nitrogens with zero attached hydrogens (tertiary/aromatic N) is 5. The van der Waals surface area contributed by atoms with E-state index in [2.05, 4.69) is 43.0 Å². The average Bonchev–Trinajstić information content (AvgIpc) is 3.41. The van der Waals surface area contributed by atoms with E-state index in [0.29, 0.717) is 10.6 Å². The minimum atomic E-state index is -1.22. The zero-order chi connectivity index (χ0) is 22.6. The van der Waals surface area contributed by atoms with Gasteiger partial charge in [0.05, 0.1) is 24.4 Å². The third kappa shape index (κ3) is 4.34. The highest BCUT2D eigenvalue weighted by Gasteiger charge is 2.29.